The molecule has 1 aliphatic heterocycles. The highest BCUT2D eigenvalue weighted by molar-refractivity contribution is 5.97. The van der Waals surface area contributed by atoms with E-state index in [1.54, 1.807) is 24.3 Å². The molecule has 6 nitrogen and oxygen atoms in total. The predicted molar refractivity (Wildman–Crippen MR) is 90.7 cm³/mol. The van der Waals surface area contributed by atoms with Crippen molar-refractivity contribution in [3.05, 3.63) is 35.4 Å². The number of carbonyl (C=O) groups is 2. The fourth-order valence-electron chi connectivity index (χ4n) is 2.45. The molecule has 1 fully saturated rings. The zero-order chi connectivity index (χ0) is 16.8. The van der Waals surface area contributed by atoms with Gasteiger partial charge in [-0.1, -0.05) is 0 Å². The second kappa shape index (κ2) is 8.08. The molecular formula is C17H26N4O2. The topological polar surface area (TPSA) is 55.9 Å². The van der Waals surface area contributed by atoms with Gasteiger partial charge in [-0.25, -0.2) is 0 Å². The lowest BCUT2D eigenvalue weighted by Gasteiger charge is -2.32. The van der Waals surface area contributed by atoms with E-state index in [1.807, 2.05) is 23.9 Å². The van der Waals surface area contributed by atoms with Crippen molar-refractivity contribution in [1.29, 1.82) is 0 Å². The first-order valence-electron chi connectivity index (χ1n) is 7.98. The van der Waals surface area contributed by atoms with Crippen molar-refractivity contribution in [1.82, 2.24) is 20.0 Å². The molecule has 1 N–H and O–H groups in total. The Balaban J connectivity index is 1.91. The van der Waals surface area contributed by atoms with Crippen LogP contribution < -0.4 is 5.32 Å². The Labute approximate surface area is 138 Å². The van der Waals surface area contributed by atoms with Crippen molar-refractivity contribution in [3.63, 3.8) is 0 Å². The summed E-state index contributed by atoms with van der Waals surface area (Å²) in [5.41, 5.74) is 1.22. The third kappa shape index (κ3) is 5.04. The van der Waals surface area contributed by atoms with Crippen LogP contribution in [0.2, 0.25) is 0 Å². The molecule has 6 heteroatoms. The maximum atomic E-state index is 12.4. The first-order valence-corrected chi connectivity index (χ1v) is 7.98. The Morgan fingerprint density at radius 2 is 1.61 bits per heavy atom. The summed E-state index contributed by atoms with van der Waals surface area (Å²) in [6.45, 7) is 4.71. The summed E-state index contributed by atoms with van der Waals surface area (Å²) in [5.74, 6) is -0.0666. The van der Waals surface area contributed by atoms with Crippen LogP contribution in [0.4, 0.5) is 0 Å². The quantitative estimate of drug-likeness (QED) is 0.852. The summed E-state index contributed by atoms with van der Waals surface area (Å²) in [7, 11) is 5.99. The molecule has 1 aromatic carbocycles. The summed E-state index contributed by atoms with van der Waals surface area (Å²) in [6.07, 6.45) is 0. The number of nitrogens with zero attached hydrogens (tertiary/aromatic N) is 3. The Bertz CT molecular complexity index is 534. The summed E-state index contributed by atoms with van der Waals surface area (Å²) in [6, 6.07) is 6.91. The van der Waals surface area contributed by atoms with Gasteiger partial charge < -0.3 is 20.0 Å². The average molecular weight is 318 g/mol. The molecule has 23 heavy (non-hydrogen) atoms. The Morgan fingerprint density at radius 3 is 2.17 bits per heavy atom. The normalized spacial score (nSPS) is 15.7. The minimum atomic E-state index is -0.106. The summed E-state index contributed by atoms with van der Waals surface area (Å²) < 4.78 is 0. The molecule has 1 aliphatic rings. The predicted octanol–water partition coefficient (Wildman–Crippen LogP) is 0.366. The van der Waals surface area contributed by atoms with E-state index in [4.69, 9.17) is 0 Å². The monoisotopic (exact) mass is 318 g/mol. The van der Waals surface area contributed by atoms with E-state index in [9.17, 15) is 9.59 Å². The number of likely N-dealkylation sites (N-methyl/N-ethyl adjacent to an activating group) is 2. The molecule has 0 aromatic heterocycles. The number of amides is 2. The highest BCUT2D eigenvalue weighted by Crippen LogP contribution is 2.10. The fraction of sp³-hybridized carbons (Fsp3) is 0.529. The van der Waals surface area contributed by atoms with Gasteiger partial charge in [0.25, 0.3) is 11.8 Å². The van der Waals surface area contributed by atoms with Crippen LogP contribution >= 0.6 is 0 Å². The van der Waals surface area contributed by atoms with Crippen LogP contribution in [0.15, 0.2) is 24.3 Å². The molecule has 1 saturated heterocycles. The molecule has 126 valence electrons. The Hall–Kier alpha value is -1.92. The van der Waals surface area contributed by atoms with Crippen LogP contribution in [0.25, 0.3) is 0 Å². The third-order valence-corrected chi connectivity index (χ3v) is 4.03. The maximum absolute atomic E-state index is 12.4. The van der Waals surface area contributed by atoms with Gasteiger partial charge in [-0.05, 0) is 45.4 Å². The lowest BCUT2D eigenvalue weighted by molar-refractivity contribution is 0.0663. The lowest BCUT2D eigenvalue weighted by Crippen LogP contribution is -2.47. The van der Waals surface area contributed by atoms with E-state index >= 15 is 0 Å². The molecule has 2 rings (SSSR count). The summed E-state index contributed by atoms with van der Waals surface area (Å²) >= 11 is 0. The van der Waals surface area contributed by atoms with Crippen molar-refractivity contribution in [2.75, 3.05) is 60.4 Å². The third-order valence-electron chi connectivity index (χ3n) is 4.03. The molecular weight excluding hydrogens is 292 g/mol. The van der Waals surface area contributed by atoms with Crippen LogP contribution in [0.5, 0.6) is 0 Å². The number of rotatable bonds is 5. The number of hydrogen-bond acceptors (Lipinski definition) is 4. The number of carbonyl (C=O) groups excluding carboxylic acids is 2. The minimum Gasteiger partial charge on any atom is -0.351 e. The van der Waals surface area contributed by atoms with E-state index in [0.717, 1.165) is 32.7 Å². The van der Waals surface area contributed by atoms with E-state index in [2.05, 4.69) is 17.3 Å². The second-order valence-electron chi connectivity index (χ2n) is 6.23. The zero-order valence-corrected chi connectivity index (χ0v) is 14.2. The average Bonchev–Trinajstić information content (AvgIpc) is 2.54. The molecule has 0 saturated carbocycles. The highest BCUT2D eigenvalue weighted by atomic mass is 16.2. The first-order chi connectivity index (χ1) is 11.0. The molecule has 0 atom stereocenters. The number of piperazine rings is 1. The first kappa shape index (κ1) is 17.4. The van der Waals surface area contributed by atoms with Crippen molar-refractivity contribution in [2.24, 2.45) is 0 Å². The van der Waals surface area contributed by atoms with Gasteiger partial charge in [0.15, 0.2) is 0 Å². The van der Waals surface area contributed by atoms with Gasteiger partial charge in [0.2, 0.25) is 0 Å². The van der Waals surface area contributed by atoms with Crippen molar-refractivity contribution in [2.45, 2.75) is 0 Å². The number of benzene rings is 1. The molecule has 0 unspecified atom stereocenters. The summed E-state index contributed by atoms with van der Waals surface area (Å²) in [5, 5.41) is 2.87. The van der Waals surface area contributed by atoms with Gasteiger partial charge in [-0.2, -0.15) is 0 Å². The maximum Gasteiger partial charge on any atom is 0.253 e. The molecule has 1 aromatic rings. The standard InChI is InChI=1S/C17H26N4O2/c1-19(2)9-8-18-16(22)14-4-6-15(7-5-14)17(23)21-12-10-20(3)11-13-21/h4-7H,8-13H2,1-3H3,(H,18,22). The van der Waals surface area contributed by atoms with Gasteiger partial charge in [0, 0.05) is 50.4 Å². The van der Waals surface area contributed by atoms with Gasteiger partial charge in [0.1, 0.15) is 0 Å². The lowest BCUT2D eigenvalue weighted by atomic mass is 10.1. The molecule has 2 amide bonds. The highest BCUT2D eigenvalue weighted by Gasteiger charge is 2.20. The van der Waals surface area contributed by atoms with Crippen LogP contribution in [-0.4, -0.2) is 86.9 Å². The number of hydrogen-bond donors (Lipinski definition) is 1. The van der Waals surface area contributed by atoms with E-state index in [-0.39, 0.29) is 11.8 Å². The fourth-order valence-corrected chi connectivity index (χ4v) is 2.45. The molecule has 0 radical (unpaired) electrons. The Kier molecular flexibility index (Phi) is 6.12. The van der Waals surface area contributed by atoms with E-state index in [1.165, 1.54) is 0 Å². The van der Waals surface area contributed by atoms with Crippen LogP contribution in [0.1, 0.15) is 20.7 Å². The van der Waals surface area contributed by atoms with Gasteiger partial charge in [-0.15, -0.1) is 0 Å². The SMILES string of the molecule is CN(C)CCNC(=O)c1ccc(C(=O)N2CCN(C)CC2)cc1. The van der Waals surface area contributed by atoms with Crippen LogP contribution in [0.3, 0.4) is 0 Å². The Morgan fingerprint density at radius 1 is 1.04 bits per heavy atom. The van der Waals surface area contributed by atoms with Crippen molar-refractivity contribution < 1.29 is 9.59 Å². The smallest absolute Gasteiger partial charge is 0.253 e. The van der Waals surface area contributed by atoms with Gasteiger partial charge in [-0.3, -0.25) is 9.59 Å². The minimum absolute atomic E-state index is 0.0395. The van der Waals surface area contributed by atoms with Crippen LogP contribution in [-0.2, 0) is 0 Å². The van der Waals surface area contributed by atoms with Crippen molar-refractivity contribution >= 4 is 11.8 Å². The molecule has 0 bridgehead atoms. The molecule has 0 aliphatic carbocycles. The second-order valence-corrected chi connectivity index (χ2v) is 6.23. The van der Waals surface area contributed by atoms with E-state index < -0.39 is 0 Å². The zero-order valence-electron chi connectivity index (χ0n) is 14.2. The van der Waals surface area contributed by atoms with Gasteiger partial charge in [0.05, 0.1) is 0 Å². The van der Waals surface area contributed by atoms with Crippen LogP contribution in [0, 0.1) is 0 Å². The van der Waals surface area contributed by atoms with E-state index in [0.29, 0.717) is 17.7 Å². The largest absolute Gasteiger partial charge is 0.351 e. The number of nitrogens with one attached hydrogen (secondary N) is 1. The van der Waals surface area contributed by atoms with Gasteiger partial charge >= 0.3 is 0 Å². The molecule has 0 spiro atoms. The van der Waals surface area contributed by atoms with Crippen molar-refractivity contribution in [3.8, 4) is 0 Å². The molecule has 1 heterocycles. The summed E-state index contributed by atoms with van der Waals surface area (Å²) in [4.78, 5) is 30.5.